The Bertz CT molecular complexity index is 1050. The Morgan fingerprint density at radius 1 is 1.17 bits per heavy atom. The Labute approximate surface area is 172 Å². The number of hydroxylamine groups is 1. The molecule has 0 aliphatic heterocycles. The van der Waals surface area contributed by atoms with Crippen molar-refractivity contribution < 1.29 is 28.1 Å². The van der Waals surface area contributed by atoms with Gasteiger partial charge in [-0.1, -0.05) is 18.2 Å². The third-order valence-electron chi connectivity index (χ3n) is 4.22. The van der Waals surface area contributed by atoms with E-state index in [1.807, 2.05) is 0 Å². The molecule has 0 heterocycles. The summed E-state index contributed by atoms with van der Waals surface area (Å²) >= 11 is 0. The average molecular weight is 436 g/mol. The number of benzene rings is 2. The summed E-state index contributed by atoms with van der Waals surface area (Å²) in [5.41, 5.74) is 1.52. The summed E-state index contributed by atoms with van der Waals surface area (Å²) in [6.45, 7) is 2.05. The number of nitro groups is 1. The SMILES string of the molecule is CC(=O)Nc1ccc(S(=O)(=O)N(Cc2ccccc2[N+](=O)[O-])C(C)C(=O)NO)cc1. The summed E-state index contributed by atoms with van der Waals surface area (Å²) in [6.07, 6.45) is 0. The largest absolute Gasteiger partial charge is 0.326 e. The molecule has 0 fully saturated rings. The molecule has 0 aliphatic carbocycles. The standard InChI is InChI=1S/C18H20N4O7S/c1-12(18(24)20-25)21(11-14-5-3-4-6-17(14)22(26)27)30(28,29)16-9-7-15(8-10-16)19-13(2)23/h3-10,12,25H,11H2,1-2H3,(H,19,23)(H,20,24). The maximum atomic E-state index is 13.2. The quantitative estimate of drug-likeness (QED) is 0.322. The maximum Gasteiger partial charge on any atom is 0.273 e. The van der Waals surface area contributed by atoms with Crippen molar-refractivity contribution in [1.82, 2.24) is 9.79 Å². The van der Waals surface area contributed by atoms with Gasteiger partial charge in [0.1, 0.15) is 6.04 Å². The zero-order valence-corrected chi connectivity index (χ0v) is 16.9. The molecule has 0 aromatic heterocycles. The minimum Gasteiger partial charge on any atom is -0.326 e. The molecule has 30 heavy (non-hydrogen) atoms. The lowest BCUT2D eigenvalue weighted by atomic mass is 10.1. The fraction of sp³-hybridized carbons (Fsp3) is 0.222. The highest BCUT2D eigenvalue weighted by Gasteiger charge is 2.34. The van der Waals surface area contributed by atoms with E-state index in [-0.39, 0.29) is 22.1 Å². The van der Waals surface area contributed by atoms with Crippen LogP contribution in [0.5, 0.6) is 0 Å². The normalized spacial score (nSPS) is 12.3. The van der Waals surface area contributed by atoms with E-state index in [2.05, 4.69) is 5.32 Å². The highest BCUT2D eigenvalue weighted by molar-refractivity contribution is 7.89. The lowest BCUT2D eigenvalue weighted by Gasteiger charge is -2.27. The van der Waals surface area contributed by atoms with E-state index in [4.69, 9.17) is 5.21 Å². The summed E-state index contributed by atoms with van der Waals surface area (Å²) in [7, 11) is -4.32. The van der Waals surface area contributed by atoms with Crippen LogP contribution in [0.3, 0.4) is 0 Å². The van der Waals surface area contributed by atoms with E-state index in [1.165, 1.54) is 67.9 Å². The fourth-order valence-electron chi connectivity index (χ4n) is 2.69. The minimum atomic E-state index is -4.32. The van der Waals surface area contributed by atoms with Gasteiger partial charge in [-0.25, -0.2) is 13.9 Å². The lowest BCUT2D eigenvalue weighted by molar-refractivity contribution is -0.385. The Balaban J connectivity index is 2.50. The summed E-state index contributed by atoms with van der Waals surface area (Å²) in [6, 6.07) is 9.37. The van der Waals surface area contributed by atoms with Crippen molar-refractivity contribution in [3.05, 3.63) is 64.2 Å². The van der Waals surface area contributed by atoms with Crippen LogP contribution in [0.4, 0.5) is 11.4 Å². The van der Waals surface area contributed by atoms with Gasteiger partial charge in [0.25, 0.3) is 11.6 Å². The number of amides is 2. The number of carbonyl (C=O) groups is 2. The fourth-order valence-corrected chi connectivity index (χ4v) is 4.27. The molecule has 0 spiro atoms. The van der Waals surface area contributed by atoms with E-state index in [0.717, 1.165) is 4.31 Å². The van der Waals surface area contributed by atoms with Gasteiger partial charge in [-0.15, -0.1) is 0 Å². The lowest BCUT2D eigenvalue weighted by Crippen LogP contribution is -2.46. The number of hydrogen-bond donors (Lipinski definition) is 3. The van der Waals surface area contributed by atoms with E-state index < -0.39 is 33.4 Å². The molecule has 1 atom stereocenters. The van der Waals surface area contributed by atoms with Gasteiger partial charge in [0.2, 0.25) is 15.9 Å². The molecule has 0 saturated carbocycles. The van der Waals surface area contributed by atoms with Gasteiger partial charge in [-0.3, -0.25) is 24.9 Å². The molecule has 0 aliphatic rings. The number of hydrogen-bond acceptors (Lipinski definition) is 7. The molecule has 2 aromatic carbocycles. The van der Waals surface area contributed by atoms with Gasteiger partial charge in [0.15, 0.2) is 0 Å². The van der Waals surface area contributed by atoms with E-state index in [9.17, 15) is 28.1 Å². The molecule has 11 nitrogen and oxygen atoms in total. The smallest absolute Gasteiger partial charge is 0.273 e. The van der Waals surface area contributed by atoms with E-state index >= 15 is 0 Å². The van der Waals surface area contributed by atoms with Crippen LogP contribution >= 0.6 is 0 Å². The molecule has 0 saturated heterocycles. The molecule has 2 amide bonds. The first-order chi connectivity index (χ1) is 14.1. The highest BCUT2D eigenvalue weighted by Crippen LogP contribution is 2.26. The third-order valence-corrected chi connectivity index (χ3v) is 6.15. The summed E-state index contributed by atoms with van der Waals surface area (Å²) in [5.74, 6) is -1.34. The Morgan fingerprint density at radius 3 is 2.30 bits per heavy atom. The van der Waals surface area contributed by atoms with E-state index in [0.29, 0.717) is 5.69 Å². The zero-order valence-electron chi connectivity index (χ0n) is 16.1. The molecule has 1 unspecified atom stereocenters. The van der Waals surface area contributed by atoms with Crippen LogP contribution in [0.2, 0.25) is 0 Å². The van der Waals surface area contributed by atoms with Crippen LogP contribution in [0, 0.1) is 10.1 Å². The highest BCUT2D eigenvalue weighted by atomic mass is 32.2. The number of anilines is 1. The topological polar surface area (TPSA) is 159 Å². The van der Waals surface area contributed by atoms with Gasteiger partial charge >= 0.3 is 0 Å². The van der Waals surface area contributed by atoms with Crippen LogP contribution in [-0.2, 0) is 26.2 Å². The van der Waals surface area contributed by atoms with Crippen molar-refractivity contribution >= 4 is 33.2 Å². The second kappa shape index (κ2) is 9.43. The zero-order chi connectivity index (χ0) is 22.5. The van der Waals surface area contributed by atoms with Gasteiger partial charge in [-0.05, 0) is 31.2 Å². The predicted molar refractivity (Wildman–Crippen MR) is 106 cm³/mol. The molecular formula is C18H20N4O7S. The number of nitrogens with one attached hydrogen (secondary N) is 2. The molecule has 0 radical (unpaired) electrons. The van der Waals surface area contributed by atoms with Crippen LogP contribution in [0.25, 0.3) is 0 Å². The van der Waals surface area contributed by atoms with Gasteiger partial charge in [0, 0.05) is 30.8 Å². The number of rotatable bonds is 8. The summed E-state index contributed by atoms with van der Waals surface area (Å²) in [5, 5.41) is 22.7. The van der Waals surface area contributed by atoms with Gasteiger partial charge in [0.05, 0.1) is 9.82 Å². The number of para-hydroxylation sites is 1. The van der Waals surface area contributed by atoms with Crippen LogP contribution < -0.4 is 10.8 Å². The van der Waals surface area contributed by atoms with Crippen molar-refractivity contribution in [2.45, 2.75) is 31.3 Å². The molecular weight excluding hydrogens is 416 g/mol. The number of nitro benzene ring substituents is 1. The number of nitrogens with zero attached hydrogens (tertiary/aromatic N) is 2. The first-order valence-electron chi connectivity index (χ1n) is 8.63. The molecule has 0 bridgehead atoms. The Morgan fingerprint density at radius 2 is 1.77 bits per heavy atom. The average Bonchev–Trinajstić information content (AvgIpc) is 2.70. The van der Waals surface area contributed by atoms with Crippen LogP contribution in [-0.4, -0.2) is 40.7 Å². The summed E-state index contributed by atoms with van der Waals surface area (Å²) < 4.78 is 27.2. The summed E-state index contributed by atoms with van der Waals surface area (Å²) in [4.78, 5) is 33.5. The van der Waals surface area contributed by atoms with Crippen molar-refractivity contribution in [3.63, 3.8) is 0 Å². The molecule has 12 heteroatoms. The Kier molecular flexibility index (Phi) is 7.21. The van der Waals surface area contributed by atoms with Crippen molar-refractivity contribution in [2.75, 3.05) is 5.32 Å². The minimum absolute atomic E-state index is 0.0681. The van der Waals surface area contributed by atoms with Crippen LogP contribution in [0.1, 0.15) is 19.4 Å². The monoisotopic (exact) mass is 436 g/mol. The van der Waals surface area contributed by atoms with Crippen molar-refractivity contribution in [2.24, 2.45) is 0 Å². The number of carbonyl (C=O) groups excluding carboxylic acids is 2. The van der Waals surface area contributed by atoms with Gasteiger partial charge in [-0.2, -0.15) is 4.31 Å². The number of sulfonamides is 1. The molecule has 160 valence electrons. The molecule has 3 N–H and O–H groups in total. The second-order valence-corrected chi connectivity index (χ2v) is 8.18. The van der Waals surface area contributed by atoms with Crippen molar-refractivity contribution in [1.29, 1.82) is 0 Å². The van der Waals surface area contributed by atoms with Gasteiger partial charge < -0.3 is 5.32 Å². The second-order valence-electron chi connectivity index (χ2n) is 6.29. The van der Waals surface area contributed by atoms with Crippen LogP contribution in [0.15, 0.2) is 53.4 Å². The first kappa shape index (κ1) is 22.9. The predicted octanol–water partition coefficient (Wildman–Crippen LogP) is 1.64. The first-order valence-corrected chi connectivity index (χ1v) is 10.1. The maximum absolute atomic E-state index is 13.2. The molecule has 2 rings (SSSR count). The van der Waals surface area contributed by atoms with Crippen molar-refractivity contribution in [3.8, 4) is 0 Å². The van der Waals surface area contributed by atoms with E-state index in [1.54, 1.807) is 0 Å². The Hall–Kier alpha value is -3.35. The molecule has 2 aromatic rings. The third kappa shape index (κ3) is 5.17.